The molecule has 0 amide bonds. The van der Waals surface area contributed by atoms with Gasteiger partial charge in [0.1, 0.15) is 21.5 Å². The highest BCUT2D eigenvalue weighted by Crippen LogP contribution is 2.30. The van der Waals surface area contributed by atoms with Crippen LogP contribution < -0.4 is 0 Å². The second-order valence-electron chi connectivity index (χ2n) is 4.59. The Morgan fingerprint density at radius 1 is 1.15 bits per heavy atom. The number of halogens is 1. The highest BCUT2D eigenvalue weighted by molar-refractivity contribution is 7.99. The zero-order valence-corrected chi connectivity index (χ0v) is 12.6. The third-order valence-corrected chi connectivity index (χ3v) is 3.63. The monoisotopic (exact) mass is 305 g/mol. The van der Waals surface area contributed by atoms with Crippen molar-refractivity contribution in [3.63, 3.8) is 0 Å². The summed E-state index contributed by atoms with van der Waals surface area (Å²) in [7, 11) is 0. The van der Waals surface area contributed by atoms with Gasteiger partial charge in [-0.1, -0.05) is 37.6 Å². The number of benzene rings is 1. The first-order valence-corrected chi connectivity index (χ1v) is 7.39. The molecule has 0 radical (unpaired) electrons. The van der Waals surface area contributed by atoms with E-state index in [-0.39, 0.29) is 5.92 Å². The summed E-state index contributed by atoms with van der Waals surface area (Å²) in [5, 5.41) is 1.72. The Kier molecular flexibility index (Phi) is 3.63. The van der Waals surface area contributed by atoms with Gasteiger partial charge >= 0.3 is 0 Å². The molecule has 2 heterocycles. The van der Waals surface area contributed by atoms with E-state index in [9.17, 15) is 0 Å². The Balaban J connectivity index is 1.94. The maximum absolute atomic E-state index is 6.02. The summed E-state index contributed by atoms with van der Waals surface area (Å²) >= 11 is 7.37. The molecule has 4 nitrogen and oxygen atoms in total. The van der Waals surface area contributed by atoms with Gasteiger partial charge in [-0.25, -0.2) is 15.0 Å². The molecule has 0 fully saturated rings. The van der Waals surface area contributed by atoms with Crippen molar-refractivity contribution in [3.8, 4) is 0 Å². The molecule has 20 heavy (non-hydrogen) atoms. The number of aromatic nitrogens is 3. The standard InChI is InChI=1S/C14H12ClN3OS/c1-8(2)13-17-11(15)7-12(18-13)20-14-16-9-5-3-4-6-10(9)19-14/h3-8H,1-2H3. The van der Waals surface area contributed by atoms with Crippen molar-refractivity contribution < 1.29 is 4.42 Å². The molecule has 0 saturated heterocycles. The average molecular weight is 306 g/mol. The first-order valence-electron chi connectivity index (χ1n) is 6.20. The zero-order valence-electron chi connectivity index (χ0n) is 11.0. The van der Waals surface area contributed by atoms with E-state index in [1.807, 2.05) is 38.1 Å². The molecule has 0 atom stereocenters. The normalized spacial score (nSPS) is 11.4. The van der Waals surface area contributed by atoms with E-state index < -0.39 is 0 Å². The maximum atomic E-state index is 6.02. The number of rotatable bonds is 3. The Hall–Kier alpha value is -1.59. The third-order valence-electron chi connectivity index (χ3n) is 2.67. The predicted molar refractivity (Wildman–Crippen MR) is 79.3 cm³/mol. The van der Waals surface area contributed by atoms with Gasteiger partial charge in [0.15, 0.2) is 5.58 Å². The maximum Gasteiger partial charge on any atom is 0.263 e. The number of nitrogens with zero attached hydrogens (tertiary/aromatic N) is 3. The minimum absolute atomic E-state index is 0.219. The molecule has 0 bridgehead atoms. The predicted octanol–water partition coefficient (Wildman–Crippen LogP) is 4.55. The highest BCUT2D eigenvalue weighted by Gasteiger charge is 2.12. The van der Waals surface area contributed by atoms with Crippen LogP contribution in [0.3, 0.4) is 0 Å². The fourth-order valence-corrected chi connectivity index (χ4v) is 2.73. The summed E-state index contributed by atoms with van der Waals surface area (Å²) in [4.78, 5) is 13.1. The largest absolute Gasteiger partial charge is 0.431 e. The van der Waals surface area contributed by atoms with Crippen LogP contribution in [0.5, 0.6) is 0 Å². The summed E-state index contributed by atoms with van der Waals surface area (Å²) in [5.41, 5.74) is 1.60. The van der Waals surface area contributed by atoms with Crippen LogP contribution in [0, 0.1) is 0 Å². The fraction of sp³-hybridized carbons (Fsp3) is 0.214. The summed E-state index contributed by atoms with van der Waals surface area (Å²) in [6, 6.07) is 9.36. The van der Waals surface area contributed by atoms with Crippen molar-refractivity contribution in [2.45, 2.75) is 30.0 Å². The first-order chi connectivity index (χ1) is 9.61. The summed E-state index contributed by atoms with van der Waals surface area (Å²) in [5.74, 6) is 0.938. The molecular formula is C14H12ClN3OS. The van der Waals surface area contributed by atoms with Crippen LogP contribution in [0.1, 0.15) is 25.6 Å². The Labute approximate surface area is 125 Å². The van der Waals surface area contributed by atoms with Gasteiger partial charge in [0.25, 0.3) is 5.22 Å². The van der Waals surface area contributed by atoms with Gasteiger partial charge < -0.3 is 4.42 Å². The van der Waals surface area contributed by atoms with Crippen LogP contribution in [0.4, 0.5) is 0 Å². The van der Waals surface area contributed by atoms with Crippen LogP contribution in [0.2, 0.25) is 5.15 Å². The van der Waals surface area contributed by atoms with E-state index in [2.05, 4.69) is 15.0 Å². The van der Waals surface area contributed by atoms with Gasteiger partial charge in [-0.3, -0.25) is 0 Å². The fourth-order valence-electron chi connectivity index (χ4n) is 1.71. The van der Waals surface area contributed by atoms with E-state index >= 15 is 0 Å². The van der Waals surface area contributed by atoms with Gasteiger partial charge in [0, 0.05) is 12.0 Å². The number of fused-ring (bicyclic) bond motifs is 1. The second-order valence-corrected chi connectivity index (χ2v) is 5.95. The Morgan fingerprint density at radius 3 is 2.70 bits per heavy atom. The minimum Gasteiger partial charge on any atom is -0.431 e. The number of para-hydroxylation sites is 2. The van der Waals surface area contributed by atoms with E-state index in [0.717, 1.165) is 22.0 Å². The molecule has 3 aromatic rings. The van der Waals surface area contributed by atoms with Gasteiger partial charge in [-0.2, -0.15) is 0 Å². The molecule has 2 aromatic heterocycles. The topological polar surface area (TPSA) is 51.8 Å². The molecule has 0 spiro atoms. The molecule has 0 unspecified atom stereocenters. The van der Waals surface area contributed by atoms with Crippen molar-refractivity contribution in [2.75, 3.05) is 0 Å². The van der Waals surface area contributed by atoms with Crippen LogP contribution in [-0.2, 0) is 0 Å². The molecular weight excluding hydrogens is 294 g/mol. The third kappa shape index (κ3) is 2.78. The molecule has 0 N–H and O–H groups in total. The lowest BCUT2D eigenvalue weighted by Gasteiger charge is -2.05. The van der Waals surface area contributed by atoms with Gasteiger partial charge in [0.2, 0.25) is 0 Å². The van der Waals surface area contributed by atoms with Gasteiger partial charge in [0.05, 0.1) is 0 Å². The minimum atomic E-state index is 0.219. The Bertz CT molecular complexity index is 724. The number of hydrogen-bond donors (Lipinski definition) is 0. The average Bonchev–Trinajstić information content (AvgIpc) is 2.79. The van der Waals surface area contributed by atoms with Crippen molar-refractivity contribution >= 4 is 34.5 Å². The smallest absolute Gasteiger partial charge is 0.263 e. The molecule has 0 aliphatic carbocycles. The second kappa shape index (κ2) is 5.42. The van der Waals surface area contributed by atoms with Crippen LogP contribution >= 0.6 is 23.4 Å². The molecule has 102 valence electrons. The van der Waals surface area contributed by atoms with Crippen molar-refractivity contribution in [1.29, 1.82) is 0 Å². The van der Waals surface area contributed by atoms with E-state index in [4.69, 9.17) is 16.0 Å². The lowest BCUT2D eigenvalue weighted by Crippen LogP contribution is -1.98. The first kappa shape index (κ1) is 13.4. The van der Waals surface area contributed by atoms with E-state index in [1.54, 1.807) is 6.07 Å². The quantitative estimate of drug-likeness (QED) is 0.665. The number of oxazole rings is 1. The van der Waals surface area contributed by atoms with Crippen molar-refractivity contribution in [3.05, 3.63) is 41.3 Å². The Morgan fingerprint density at radius 2 is 1.95 bits per heavy atom. The molecule has 0 saturated carbocycles. The van der Waals surface area contributed by atoms with Crippen LogP contribution in [0.25, 0.3) is 11.1 Å². The van der Waals surface area contributed by atoms with Gasteiger partial charge in [-0.05, 0) is 23.9 Å². The molecule has 1 aromatic carbocycles. The van der Waals surface area contributed by atoms with E-state index in [0.29, 0.717) is 10.4 Å². The molecule has 6 heteroatoms. The zero-order chi connectivity index (χ0) is 14.1. The lowest BCUT2D eigenvalue weighted by atomic mass is 10.2. The molecule has 0 aliphatic rings. The lowest BCUT2D eigenvalue weighted by molar-refractivity contribution is 0.489. The van der Waals surface area contributed by atoms with Crippen molar-refractivity contribution in [1.82, 2.24) is 15.0 Å². The van der Waals surface area contributed by atoms with Crippen LogP contribution in [0.15, 0.2) is 45.0 Å². The van der Waals surface area contributed by atoms with E-state index in [1.165, 1.54) is 11.8 Å². The highest BCUT2D eigenvalue weighted by atomic mass is 35.5. The number of hydrogen-bond acceptors (Lipinski definition) is 5. The summed E-state index contributed by atoms with van der Waals surface area (Å²) < 4.78 is 5.66. The van der Waals surface area contributed by atoms with Crippen molar-refractivity contribution in [2.24, 2.45) is 0 Å². The van der Waals surface area contributed by atoms with Crippen LogP contribution in [-0.4, -0.2) is 15.0 Å². The molecule has 3 rings (SSSR count). The SMILES string of the molecule is CC(C)c1nc(Cl)cc(Sc2nc3ccccc3o2)n1. The van der Waals surface area contributed by atoms with Gasteiger partial charge in [-0.15, -0.1) is 0 Å². The summed E-state index contributed by atoms with van der Waals surface area (Å²) in [6.45, 7) is 4.05. The molecule has 0 aliphatic heterocycles. The summed E-state index contributed by atoms with van der Waals surface area (Å²) in [6.07, 6.45) is 0.